The lowest BCUT2D eigenvalue weighted by Gasteiger charge is -2.31. The van der Waals surface area contributed by atoms with Gasteiger partial charge in [0.05, 0.1) is 17.6 Å². The van der Waals surface area contributed by atoms with Crippen LogP contribution >= 0.6 is 0 Å². The molecule has 0 unspecified atom stereocenters. The number of nitrogens with zero attached hydrogens (tertiary/aromatic N) is 2. The molecule has 9 heteroatoms. The molecule has 34 heavy (non-hydrogen) atoms. The summed E-state index contributed by atoms with van der Waals surface area (Å²) < 4.78 is 7.86. The van der Waals surface area contributed by atoms with E-state index in [4.69, 9.17) is 29.5 Å². The predicted molar refractivity (Wildman–Crippen MR) is 130 cm³/mol. The van der Waals surface area contributed by atoms with Crippen LogP contribution in [-0.2, 0) is 27.3 Å². The number of anilines is 1. The van der Waals surface area contributed by atoms with Crippen molar-refractivity contribution in [2.45, 2.75) is 44.8 Å². The summed E-state index contributed by atoms with van der Waals surface area (Å²) in [4.78, 5) is 23.1. The fourth-order valence-electron chi connectivity index (χ4n) is 4.09. The van der Waals surface area contributed by atoms with Crippen LogP contribution in [0.4, 0.5) is 5.95 Å². The molecule has 2 atom stereocenters. The summed E-state index contributed by atoms with van der Waals surface area (Å²) in [7, 11) is 0. The fourth-order valence-corrected chi connectivity index (χ4v) is 4.09. The number of carboxylic acid groups (broad SMARTS) is 2. The largest absolute Gasteiger partial charge is 0.473 e. The average Bonchev–Trinajstić information content (AvgIpc) is 3.17. The van der Waals surface area contributed by atoms with Crippen LogP contribution in [-0.4, -0.2) is 63.5 Å². The first kappa shape index (κ1) is 25.2. The zero-order valence-electron chi connectivity index (χ0n) is 19.3. The number of ether oxygens (including phenoxy) is 1. The van der Waals surface area contributed by atoms with E-state index in [0.717, 1.165) is 50.4 Å². The van der Waals surface area contributed by atoms with Crippen molar-refractivity contribution in [2.24, 2.45) is 0 Å². The molecule has 1 fully saturated rings. The molecule has 4 rings (SSSR count). The molecule has 1 aliphatic rings. The maximum Gasteiger partial charge on any atom is 0.414 e. The van der Waals surface area contributed by atoms with Gasteiger partial charge in [0.15, 0.2) is 0 Å². The number of hydrogen-bond donors (Lipinski definition) is 4. The first-order chi connectivity index (χ1) is 16.5. The number of para-hydroxylation sites is 2. The number of piperidine rings is 1. The second kappa shape index (κ2) is 12.7. The van der Waals surface area contributed by atoms with Crippen LogP contribution in [0.5, 0.6) is 0 Å². The Bertz CT molecular complexity index is 1060. The number of carboxylic acids is 2. The second-order valence-electron chi connectivity index (χ2n) is 8.09. The molecular formula is C25H32N4O5. The van der Waals surface area contributed by atoms with Gasteiger partial charge in [-0.3, -0.25) is 0 Å². The molecule has 1 aliphatic heterocycles. The van der Waals surface area contributed by atoms with E-state index in [1.165, 1.54) is 11.1 Å². The van der Waals surface area contributed by atoms with Crippen molar-refractivity contribution in [3.63, 3.8) is 0 Å². The zero-order valence-corrected chi connectivity index (χ0v) is 19.3. The standard InChI is InChI=1S/C23H30N4O.C2H2O4/c1-2-28-15-14-27-22-11-7-6-10-21(22)26-23(27)25-19-12-13-24-20(17-19)16-18-8-4-3-5-9-18;3-1(4)2(5)6/h3-11,19-20,24H,2,12-17H2,1H3,(H,25,26);(H,3,4)(H,5,6)/t19-,20-;/m0./s1. The SMILES string of the molecule is CCOCCn1c(N[C@H]2CCN[C@@H](Cc3ccccc3)C2)nc2ccccc21.O=C(O)C(=O)O. The van der Waals surface area contributed by atoms with Crippen molar-refractivity contribution in [3.8, 4) is 0 Å². The Morgan fingerprint density at radius 2 is 1.82 bits per heavy atom. The van der Waals surface area contributed by atoms with Gasteiger partial charge in [0.1, 0.15) is 0 Å². The maximum atomic E-state index is 9.10. The first-order valence-electron chi connectivity index (χ1n) is 11.5. The number of hydrogen-bond acceptors (Lipinski definition) is 6. The molecule has 3 aromatic rings. The van der Waals surface area contributed by atoms with Gasteiger partial charge >= 0.3 is 11.9 Å². The van der Waals surface area contributed by atoms with Gasteiger partial charge in [0.2, 0.25) is 5.95 Å². The van der Waals surface area contributed by atoms with Crippen LogP contribution in [0.15, 0.2) is 54.6 Å². The molecule has 0 bridgehead atoms. The Labute approximate surface area is 198 Å². The number of benzene rings is 2. The summed E-state index contributed by atoms with van der Waals surface area (Å²) in [6.07, 6.45) is 3.28. The van der Waals surface area contributed by atoms with E-state index < -0.39 is 11.9 Å². The van der Waals surface area contributed by atoms with Crippen molar-refractivity contribution in [1.82, 2.24) is 14.9 Å². The number of aliphatic carboxylic acids is 2. The Morgan fingerprint density at radius 3 is 2.53 bits per heavy atom. The molecule has 0 spiro atoms. The van der Waals surface area contributed by atoms with E-state index in [1.54, 1.807) is 0 Å². The Balaban J connectivity index is 0.000000481. The van der Waals surface area contributed by atoms with Gasteiger partial charge in [-0.1, -0.05) is 42.5 Å². The first-order valence-corrected chi connectivity index (χ1v) is 11.5. The van der Waals surface area contributed by atoms with Crippen LogP contribution in [0.1, 0.15) is 25.3 Å². The number of aromatic nitrogens is 2. The summed E-state index contributed by atoms with van der Waals surface area (Å²) in [5.74, 6) is -2.68. The van der Waals surface area contributed by atoms with Gasteiger partial charge in [-0.05, 0) is 50.4 Å². The molecule has 0 aliphatic carbocycles. The van der Waals surface area contributed by atoms with Crippen molar-refractivity contribution in [1.29, 1.82) is 0 Å². The minimum absolute atomic E-state index is 0.428. The van der Waals surface area contributed by atoms with Gasteiger partial charge in [-0.25, -0.2) is 14.6 Å². The highest BCUT2D eigenvalue weighted by atomic mass is 16.5. The average molecular weight is 469 g/mol. The molecule has 2 aromatic carbocycles. The third-order valence-electron chi connectivity index (χ3n) is 5.65. The topological polar surface area (TPSA) is 126 Å². The zero-order chi connectivity index (χ0) is 24.3. The predicted octanol–water partition coefficient (Wildman–Crippen LogP) is 3.00. The number of rotatable bonds is 8. The molecule has 0 amide bonds. The minimum atomic E-state index is -1.82. The Kier molecular flexibility index (Phi) is 9.42. The van der Waals surface area contributed by atoms with Crippen LogP contribution < -0.4 is 10.6 Å². The lowest BCUT2D eigenvalue weighted by molar-refractivity contribution is -0.159. The van der Waals surface area contributed by atoms with Gasteiger partial charge in [0, 0.05) is 25.2 Å². The third-order valence-corrected chi connectivity index (χ3v) is 5.65. The van der Waals surface area contributed by atoms with Gasteiger partial charge in [-0.2, -0.15) is 0 Å². The van der Waals surface area contributed by atoms with E-state index in [2.05, 4.69) is 63.7 Å². The highest BCUT2D eigenvalue weighted by Crippen LogP contribution is 2.23. The third kappa shape index (κ3) is 7.29. The summed E-state index contributed by atoms with van der Waals surface area (Å²) in [6, 6.07) is 20.0. The molecule has 0 radical (unpaired) electrons. The van der Waals surface area contributed by atoms with Crippen LogP contribution in [0.2, 0.25) is 0 Å². The highest BCUT2D eigenvalue weighted by Gasteiger charge is 2.23. The molecule has 9 nitrogen and oxygen atoms in total. The molecule has 2 heterocycles. The van der Waals surface area contributed by atoms with Gasteiger partial charge in [-0.15, -0.1) is 0 Å². The number of nitrogens with one attached hydrogen (secondary N) is 2. The summed E-state index contributed by atoms with van der Waals surface area (Å²) in [6.45, 7) is 5.33. The quantitative estimate of drug-likeness (QED) is 0.294. The molecule has 0 saturated carbocycles. The van der Waals surface area contributed by atoms with Crippen LogP contribution in [0.25, 0.3) is 11.0 Å². The molecule has 4 N–H and O–H groups in total. The van der Waals surface area contributed by atoms with Crippen molar-refractivity contribution >= 4 is 28.9 Å². The van der Waals surface area contributed by atoms with Crippen molar-refractivity contribution < 1.29 is 24.5 Å². The smallest absolute Gasteiger partial charge is 0.414 e. The highest BCUT2D eigenvalue weighted by molar-refractivity contribution is 6.27. The number of imidazole rings is 1. The lowest BCUT2D eigenvalue weighted by atomic mass is 9.94. The molecular weight excluding hydrogens is 436 g/mol. The Morgan fingerprint density at radius 1 is 1.12 bits per heavy atom. The van der Waals surface area contributed by atoms with Gasteiger partial charge in [0.25, 0.3) is 0 Å². The van der Waals surface area contributed by atoms with E-state index >= 15 is 0 Å². The van der Waals surface area contributed by atoms with E-state index in [9.17, 15) is 0 Å². The molecule has 1 aromatic heterocycles. The second-order valence-corrected chi connectivity index (χ2v) is 8.09. The summed E-state index contributed by atoms with van der Waals surface area (Å²) >= 11 is 0. The van der Waals surface area contributed by atoms with Crippen molar-refractivity contribution in [3.05, 3.63) is 60.2 Å². The van der Waals surface area contributed by atoms with Crippen molar-refractivity contribution in [2.75, 3.05) is 25.1 Å². The van der Waals surface area contributed by atoms with E-state index in [1.807, 2.05) is 13.0 Å². The van der Waals surface area contributed by atoms with E-state index in [-0.39, 0.29) is 0 Å². The van der Waals surface area contributed by atoms with Gasteiger partial charge < -0.3 is 30.2 Å². The molecule has 1 saturated heterocycles. The number of fused-ring (bicyclic) bond motifs is 1. The summed E-state index contributed by atoms with van der Waals surface area (Å²) in [5.41, 5.74) is 3.60. The van der Waals surface area contributed by atoms with Crippen LogP contribution in [0, 0.1) is 0 Å². The maximum absolute atomic E-state index is 9.10. The normalized spacial score (nSPS) is 17.6. The molecule has 182 valence electrons. The summed E-state index contributed by atoms with van der Waals surface area (Å²) in [5, 5.41) is 22.2. The van der Waals surface area contributed by atoms with Crippen LogP contribution in [0.3, 0.4) is 0 Å². The fraction of sp³-hybridized carbons (Fsp3) is 0.400. The van der Waals surface area contributed by atoms with E-state index in [0.29, 0.717) is 18.7 Å². The monoisotopic (exact) mass is 468 g/mol. The lowest BCUT2D eigenvalue weighted by Crippen LogP contribution is -2.44. The number of carbonyl (C=O) groups is 2. The minimum Gasteiger partial charge on any atom is -0.473 e. The Hall–Kier alpha value is -3.43.